The van der Waals surface area contributed by atoms with Crippen molar-refractivity contribution in [3.05, 3.63) is 89.5 Å². The highest BCUT2D eigenvalue weighted by molar-refractivity contribution is 5.95. The van der Waals surface area contributed by atoms with Crippen LogP contribution < -0.4 is 32.3 Å². The molecule has 0 aromatic heterocycles. The maximum Gasteiger partial charge on any atom is 0.243 e. The Morgan fingerprint density at radius 3 is 1.73 bits per heavy atom. The summed E-state index contributed by atoms with van der Waals surface area (Å²) in [6.07, 6.45) is 1.18. The van der Waals surface area contributed by atoms with E-state index in [9.17, 15) is 39.3 Å². The first-order valence-corrected chi connectivity index (χ1v) is 16.0. The predicted molar refractivity (Wildman–Crippen MR) is 179 cm³/mol. The summed E-state index contributed by atoms with van der Waals surface area (Å²) in [4.78, 5) is 66.6. The zero-order valence-corrected chi connectivity index (χ0v) is 26.9. The molecule has 4 rings (SSSR count). The lowest BCUT2D eigenvalue weighted by Crippen LogP contribution is -2.59. The normalized spacial score (nSPS) is 20.2. The van der Waals surface area contributed by atoms with E-state index in [1.807, 2.05) is 0 Å². The average molecular weight is 675 g/mol. The average Bonchev–Trinajstić information content (AvgIpc) is 3.08. The van der Waals surface area contributed by atoms with Gasteiger partial charge in [0.2, 0.25) is 29.5 Å². The number of nitrogens with one attached hydrogen (secondary N) is 5. The smallest absolute Gasteiger partial charge is 0.243 e. The van der Waals surface area contributed by atoms with Crippen LogP contribution in [0.2, 0.25) is 0 Å². The molecule has 0 aliphatic carbocycles. The second-order valence-corrected chi connectivity index (χ2v) is 12.0. The van der Waals surface area contributed by atoms with Gasteiger partial charge in [-0.15, -0.1) is 0 Å². The number of amides is 5. The maximum absolute atomic E-state index is 13.9. The highest BCUT2D eigenvalue weighted by Crippen LogP contribution is 2.15. The molecule has 1 heterocycles. The summed E-state index contributed by atoms with van der Waals surface area (Å²) in [6.45, 7) is -0.0689. The van der Waals surface area contributed by atoms with Gasteiger partial charge in [0.15, 0.2) is 0 Å². The van der Waals surface area contributed by atoms with Crippen LogP contribution in [0.5, 0.6) is 17.2 Å². The Hall–Kier alpha value is -5.63. The zero-order valence-electron chi connectivity index (χ0n) is 26.9. The van der Waals surface area contributed by atoms with Crippen molar-refractivity contribution in [2.75, 3.05) is 13.1 Å². The van der Waals surface area contributed by atoms with Crippen LogP contribution in [0.25, 0.3) is 0 Å². The van der Waals surface area contributed by atoms with Gasteiger partial charge in [0.1, 0.15) is 35.4 Å². The third-order valence-electron chi connectivity index (χ3n) is 8.04. The van der Waals surface area contributed by atoms with E-state index in [1.165, 1.54) is 36.4 Å². The summed E-state index contributed by atoms with van der Waals surface area (Å²) in [5.41, 5.74) is 8.10. The van der Waals surface area contributed by atoms with E-state index in [-0.39, 0.29) is 56.0 Å². The fourth-order valence-corrected chi connectivity index (χ4v) is 5.28. The fraction of sp³-hybridized carbons (Fsp3) is 0.343. The second kappa shape index (κ2) is 17.5. The zero-order chi connectivity index (χ0) is 35.3. The van der Waals surface area contributed by atoms with Gasteiger partial charge in [-0.05, 0) is 78.8 Å². The number of carbonyl (C=O) groups excluding carboxylic acids is 5. The van der Waals surface area contributed by atoms with E-state index in [1.54, 1.807) is 36.4 Å². The summed E-state index contributed by atoms with van der Waals surface area (Å²) < 4.78 is 0. The van der Waals surface area contributed by atoms with Crippen molar-refractivity contribution >= 4 is 29.5 Å². The summed E-state index contributed by atoms with van der Waals surface area (Å²) in [5.74, 6) is -2.93. The second-order valence-electron chi connectivity index (χ2n) is 12.0. The Morgan fingerprint density at radius 2 is 1.18 bits per heavy atom. The number of carbonyl (C=O) groups is 5. The summed E-state index contributed by atoms with van der Waals surface area (Å²) >= 11 is 0. The van der Waals surface area contributed by atoms with Crippen molar-refractivity contribution in [2.24, 2.45) is 5.73 Å². The number of phenols is 3. The van der Waals surface area contributed by atoms with Gasteiger partial charge in [-0.3, -0.25) is 24.0 Å². The molecule has 0 saturated carbocycles. The number of benzene rings is 3. The number of rotatable bonds is 8. The van der Waals surface area contributed by atoms with E-state index in [0.717, 1.165) is 0 Å². The highest BCUT2D eigenvalue weighted by atomic mass is 16.3. The molecule has 1 saturated heterocycles. The molecule has 1 fully saturated rings. The lowest BCUT2D eigenvalue weighted by Gasteiger charge is -2.26. The van der Waals surface area contributed by atoms with Crippen LogP contribution in [-0.4, -0.2) is 82.1 Å². The van der Waals surface area contributed by atoms with E-state index in [2.05, 4.69) is 26.6 Å². The molecule has 14 nitrogen and oxygen atoms in total. The standard InChI is InChI=1S/C35H42N6O8/c36-27(17-21-4-10-24(42)11-5-21)32(46)39-28-3-1-2-16-37-31(45)20-38-33(47)29(18-22-6-12-25(43)13-7-22)40-35(49)30(41-34(28)48)19-23-8-14-26(44)15-9-23/h4-15,27-30,42-44H,1-3,16-20,36H2,(H,37,45)(H,38,47)(H,39,46)(H,40,49)(H,41,48)/t27-,28+,29-,30-/m0/s1. The molecule has 49 heavy (non-hydrogen) atoms. The molecule has 10 N–H and O–H groups in total. The molecular formula is C35H42N6O8. The van der Waals surface area contributed by atoms with E-state index < -0.39 is 53.7 Å². The van der Waals surface area contributed by atoms with Gasteiger partial charge < -0.3 is 47.6 Å². The lowest BCUT2D eigenvalue weighted by atomic mass is 10.0. The lowest BCUT2D eigenvalue weighted by molar-refractivity contribution is -0.134. The Labute approximate surface area is 283 Å². The largest absolute Gasteiger partial charge is 0.508 e. The minimum Gasteiger partial charge on any atom is -0.508 e. The monoisotopic (exact) mass is 674 g/mol. The van der Waals surface area contributed by atoms with E-state index >= 15 is 0 Å². The van der Waals surface area contributed by atoms with Crippen LogP contribution in [-0.2, 0) is 43.2 Å². The molecular weight excluding hydrogens is 632 g/mol. The number of hydrogen-bond donors (Lipinski definition) is 9. The number of nitrogens with two attached hydrogens (primary N) is 1. The minimum atomic E-state index is -1.21. The van der Waals surface area contributed by atoms with Crippen molar-refractivity contribution in [2.45, 2.75) is 62.7 Å². The van der Waals surface area contributed by atoms with Crippen molar-refractivity contribution in [1.82, 2.24) is 26.6 Å². The fourth-order valence-electron chi connectivity index (χ4n) is 5.28. The number of aromatic hydroxyl groups is 3. The minimum absolute atomic E-state index is 0.0105. The van der Waals surface area contributed by atoms with Crippen LogP contribution in [0.1, 0.15) is 36.0 Å². The van der Waals surface area contributed by atoms with Crippen molar-refractivity contribution in [3.8, 4) is 17.2 Å². The molecule has 3 aromatic carbocycles. The van der Waals surface area contributed by atoms with Crippen LogP contribution in [0.3, 0.4) is 0 Å². The van der Waals surface area contributed by atoms with Gasteiger partial charge >= 0.3 is 0 Å². The third-order valence-corrected chi connectivity index (χ3v) is 8.04. The summed E-state index contributed by atoms with van der Waals surface area (Å²) in [7, 11) is 0. The van der Waals surface area contributed by atoms with Crippen LogP contribution in [0, 0.1) is 0 Å². The first-order valence-electron chi connectivity index (χ1n) is 16.0. The molecule has 14 heteroatoms. The molecule has 1 aliphatic heterocycles. The molecule has 1 aliphatic rings. The van der Waals surface area contributed by atoms with Crippen molar-refractivity contribution in [1.29, 1.82) is 0 Å². The molecule has 5 amide bonds. The molecule has 4 atom stereocenters. The van der Waals surface area contributed by atoms with E-state index in [4.69, 9.17) is 5.73 Å². The van der Waals surface area contributed by atoms with E-state index in [0.29, 0.717) is 29.5 Å². The van der Waals surface area contributed by atoms with Crippen LogP contribution in [0.15, 0.2) is 72.8 Å². The van der Waals surface area contributed by atoms with Crippen molar-refractivity contribution < 1.29 is 39.3 Å². The first kappa shape index (κ1) is 36.2. The topological polar surface area (TPSA) is 232 Å². The Balaban J connectivity index is 1.58. The Morgan fingerprint density at radius 1 is 0.694 bits per heavy atom. The SMILES string of the molecule is N[C@@H](Cc1ccc(O)cc1)C(=O)N[C@@H]1CCCCNC(=O)CNC(=O)[C@H](Cc2ccc(O)cc2)NC(=O)[C@H](Cc2ccc(O)cc2)NC1=O. The van der Waals surface area contributed by atoms with Gasteiger partial charge in [-0.25, -0.2) is 0 Å². The van der Waals surface area contributed by atoms with Gasteiger partial charge in [-0.2, -0.15) is 0 Å². The summed E-state index contributed by atoms with van der Waals surface area (Å²) in [5, 5.41) is 42.4. The number of phenolic OH excluding ortho intramolecular Hbond substituents is 3. The first-order chi connectivity index (χ1) is 23.5. The quantitative estimate of drug-likeness (QED) is 0.157. The molecule has 0 radical (unpaired) electrons. The molecule has 0 spiro atoms. The maximum atomic E-state index is 13.9. The molecule has 0 bridgehead atoms. The highest BCUT2D eigenvalue weighted by Gasteiger charge is 2.31. The van der Waals surface area contributed by atoms with Gasteiger partial charge in [0.25, 0.3) is 0 Å². The van der Waals surface area contributed by atoms with Gasteiger partial charge in [0.05, 0.1) is 12.6 Å². The van der Waals surface area contributed by atoms with Gasteiger partial charge in [-0.1, -0.05) is 36.4 Å². The van der Waals surface area contributed by atoms with Gasteiger partial charge in [0, 0.05) is 19.4 Å². The predicted octanol–water partition coefficient (Wildman–Crippen LogP) is 0.0293. The Bertz CT molecular complexity index is 1600. The summed E-state index contributed by atoms with van der Waals surface area (Å²) in [6, 6.07) is 13.9. The third kappa shape index (κ3) is 11.5. The molecule has 3 aromatic rings. The Kier molecular flexibility index (Phi) is 12.9. The van der Waals surface area contributed by atoms with Crippen LogP contribution >= 0.6 is 0 Å². The molecule has 0 unspecified atom stereocenters. The van der Waals surface area contributed by atoms with Crippen LogP contribution in [0.4, 0.5) is 0 Å². The molecule has 260 valence electrons. The van der Waals surface area contributed by atoms with Crippen molar-refractivity contribution in [3.63, 3.8) is 0 Å². The number of hydrogen-bond acceptors (Lipinski definition) is 9.